The summed E-state index contributed by atoms with van der Waals surface area (Å²) < 4.78 is 12.9. The van der Waals surface area contributed by atoms with Crippen LogP contribution in [0.4, 0.5) is 0 Å². The van der Waals surface area contributed by atoms with Gasteiger partial charge in [-0.15, -0.1) is 0 Å². The van der Waals surface area contributed by atoms with Crippen molar-refractivity contribution in [1.29, 1.82) is 0 Å². The Morgan fingerprint density at radius 1 is 1.21 bits per heavy atom. The van der Waals surface area contributed by atoms with Gasteiger partial charge in [0.1, 0.15) is 5.75 Å². The zero-order valence-corrected chi connectivity index (χ0v) is 18.1. The highest BCUT2D eigenvalue weighted by atomic mass is 35.5. The van der Waals surface area contributed by atoms with Crippen molar-refractivity contribution in [1.82, 2.24) is 4.57 Å². The van der Waals surface area contributed by atoms with E-state index in [1.54, 1.807) is 36.1 Å². The maximum Gasteiger partial charge on any atom is 0.251 e. The SMILES string of the molecule is COc1cn(C(C)CCOC(C)(C)C)c(=O)cc1-c1cc(Cl)ccc1C(C)=O. The number of methoxy groups -OCH3 is 1. The molecule has 0 N–H and O–H groups in total. The van der Waals surface area contributed by atoms with Crippen LogP contribution in [0.5, 0.6) is 5.75 Å². The van der Waals surface area contributed by atoms with Crippen LogP contribution in [0.15, 0.2) is 35.3 Å². The van der Waals surface area contributed by atoms with Gasteiger partial charge in [-0.2, -0.15) is 0 Å². The van der Waals surface area contributed by atoms with E-state index in [1.807, 2.05) is 27.7 Å². The summed E-state index contributed by atoms with van der Waals surface area (Å²) in [6, 6.07) is 6.44. The van der Waals surface area contributed by atoms with Crippen molar-refractivity contribution in [3.63, 3.8) is 0 Å². The van der Waals surface area contributed by atoms with Gasteiger partial charge in [-0.25, -0.2) is 0 Å². The van der Waals surface area contributed by atoms with Crippen LogP contribution in [-0.4, -0.2) is 29.7 Å². The average Bonchev–Trinajstić information content (AvgIpc) is 2.59. The lowest BCUT2D eigenvalue weighted by atomic mass is 9.97. The molecule has 0 radical (unpaired) electrons. The molecule has 152 valence electrons. The normalized spacial score (nSPS) is 12.7. The summed E-state index contributed by atoms with van der Waals surface area (Å²) >= 11 is 6.13. The Labute approximate surface area is 171 Å². The molecule has 28 heavy (non-hydrogen) atoms. The van der Waals surface area contributed by atoms with Crippen molar-refractivity contribution in [3.05, 3.63) is 51.4 Å². The first-order valence-corrected chi connectivity index (χ1v) is 9.66. The highest BCUT2D eigenvalue weighted by Crippen LogP contribution is 2.34. The molecule has 6 heteroatoms. The Balaban J connectivity index is 2.44. The largest absolute Gasteiger partial charge is 0.495 e. The number of rotatable bonds is 7. The van der Waals surface area contributed by atoms with Crippen LogP contribution >= 0.6 is 11.6 Å². The van der Waals surface area contributed by atoms with Crippen molar-refractivity contribution in [2.75, 3.05) is 13.7 Å². The molecule has 0 aliphatic heterocycles. The highest BCUT2D eigenvalue weighted by Gasteiger charge is 2.18. The van der Waals surface area contributed by atoms with Crippen LogP contribution in [0.1, 0.15) is 57.4 Å². The fourth-order valence-electron chi connectivity index (χ4n) is 2.97. The predicted molar refractivity (Wildman–Crippen MR) is 113 cm³/mol. The van der Waals surface area contributed by atoms with Crippen LogP contribution in [0.2, 0.25) is 5.02 Å². The molecule has 1 aromatic heterocycles. The third-order valence-corrected chi connectivity index (χ3v) is 4.70. The van der Waals surface area contributed by atoms with E-state index in [4.69, 9.17) is 21.1 Å². The van der Waals surface area contributed by atoms with Crippen LogP contribution < -0.4 is 10.3 Å². The minimum absolute atomic E-state index is 0.0653. The summed E-state index contributed by atoms with van der Waals surface area (Å²) in [7, 11) is 1.54. The number of aromatic nitrogens is 1. The molecular formula is C22H28ClNO4. The minimum Gasteiger partial charge on any atom is -0.495 e. The number of benzene rings is 1. The molecule has 0 saturated carbocycles. The van der Waals surface area contributed by atoms with E-state index in [9.17, 15) is 9.59 Å². The standard InChI is InChI=1S/C22H28ClNO4/c1-14(9-10-28-22(3,4)5)24-13-20(27-6)19(12-21(24)26)18-11-16(23)7-8-17(18)15(2)25/h7-8,11-14H,9-10H2,1-6H3. The zero-order chi connectivity index (χ0) is 21.1. The predicted octanol–water partition coefficient (Wildman–Crippen LogP) is 5.15. The third-order valence-electron chi connectivity index (χ3n) is 4.46. The van der Waals surface area contributed by atoms with Gasteiger partial charge in [0, 0.05) is 34.9 Å². The fraction of sp³-hybridized carbons (Fsp3) is 0.455. The van der Waals surface area contributed by atoms with E-state index in [0.717, 1.165) is 0 Å². The monoisotopic (exact) mass is 405 g/mol. The summed E-state index contributed by atoms with van der Waals surface area (Å²) in [6.45, 7) is 9.99. The molecule has 2 aromatic rings. The van der Waals surface area contributed by atoms with Crippen molar-refractivity contribution >= 4 is 17.4 Å². The summed E-state index contributed by atoms with van der Waals surface area (Å²) in [4.78, 5) is 24.8. The molecule has 0 aliphatic carbocycles. The van der Waals surface area contributed by atoms with Gasteiger partial charge in [0.2, 0.25) is 0 Å². The molecule has 5 nitrogen and oxygen atoms in total. The Kier molecular flexibility index (Phi) is 7.07. The van der Waals surface area contributed by atoms with Gasteiger partial charge in [0.05, 0.1) is 18.9 Å². The van der Waals surface area contributed by atoms with Crippen LogP contribution in [-0.2, 0) is 4.74 Å². The second kappa shape index (κ2) is 8.93. The molecule has 2 rings (SSSR count). The van der Waals surface area contributed by atoms with Gasteiger partial charge < -0.3 is 14.0 Å². The van der Waals surface area contributed by atoms with E-state index in [2.05, 4.69) is 0 Å². The molecule has 1 unspecified atom stereocenters. The zero-order valence-electron chi connectivity index (χ0n) is 17.3. The average molecular weight is 406 g/mol. The fourth-order valence-corrected chi connectivity index (χ4v) is 3.14. The first-order chi connectivity index (χ1) is 13.0. The Morgan fingerprint density at radius 2 is 1.89 bits per heavy atom. The van der Waals surface area contributed by atoms with Gasteiger partial charge in [0.25, 0.3) is 5.56 Å². The molecule has 0 aliphatic rings. The number of hydrogen-bond acceptors (Lipinski definition) is 4. The number of nitrogens with zero attached hydrogens (tertiary/aromatic N) is 1. The maximum absolute atomic E-state index is 12.8. The molecule has 0 amide bonds. The minimum atomic E-state index is -0.220. The quantitative estimate of drug-likeness (QED) is 0.598. The summed E-state index contributed by atoms with van der Waals surface area (Å²) in [5.74, 6) is 0.401. The second-order valence-corrected chi connectivity index (χ2v) is 8.28. The first kappa shape index (κ1) is 22.2. The van der Waals surface area contributed by atoms with E-state index in [1.165, 1.54) is 13.0 Å². The summed E-state index contributed by atoms with van der Waals surface area (Å²) in [5, 5.41) is 0.485. The smallest absolute Gasteiger partial charge is 0.251 e. The Morgan fingerprint density at radius 3 is 2.46 bits per heavy atom. The molecule has 1 aromatic carbocycles. The number of ketones is 1. The van der Waals surface area contributed by atoms with Crippen LogP contribution in [0.3, 0.4) is 0 Å². The number of carbonyl (C=O) groups excluding carboxylic acids is 1. The number of ether oxygens (including phenoxy) is 2. The second-order valence-electron chi connectivity index (χ2n) is 7.85. The molecule has 1 atom stereocenters. The molecule has 1 heterocycles. The van der Waals surface area contributed by atoms with E-state index < -0.39 is 0 Å². The molecule has 0 bridgehead atoms. The molecular weight excluding hydrogens is 378 g/mol. The van der Waals surface area contributed by atoms with Gasteiger partial charge >= 0.3 is 0 Å². The van der Waals surface area contributed by atoms with E-state index in [-0.39, 0.29) is 23.0 Å². The van der Waals surface area contributed by atoms with Crippen molar-refractivity contribution < 1.29 is 14.3 Å². The van der Waals surface area contributed by atoms with Gasteiger partial charge in [-0.1, -0.05) is 11.6 Å². The van der Waals surface area contributed by atoms with Gasteiger partial charge in [-0.05, 0) is 64.8 Å². The van der Waals surface area contributed by atoms with Gasteiger partial charge in [-0.3, -0.25) is 9.59 Å². The van der Waals surface area contributed by atoms with Crippen LogP contribution in [0.25, 0.3) is 11.1 Å². The lowest BCUT2D eigenvalue weighted by molar-refractivity contribution is -0.00801. The maximum atomic E-state index is 12.8. The van der Waals surface area contributed by atoms with E-state index >= 15 is 0 Å². The number of carbonyl (C=O) groups is 1. The summed E-state index contributed by atoms with van der Waals surface area (Å²) in [5.41, 5.74) is 1.24. The number of hydrogen-bond donors (Lipinski definition) is 0. The number of halogens is 1. The lowest BCUT2D eigenvalue weighted by Crippen LogP contribution is -2.25. The highest BCUT2D eigenvalue weighted by molar-refractivity contribution is 6.31. The third kappa shape index (κ3) is 5.46. The first-order valence-electron chi connectivity index (χ1n) is 9.28. The molecule has 0 fully saturated rings. The Bertz CT molecular complexity index is 912. The van der Waals surface area contributed by atoms with Crippen molar-refractivity contribution in [2.24, 2.45) is 0 Å². The summed E-state index contributed by atoms with van der Waals surface area (Å²) in [6.07, 6.45) is 2.37. The van der Waals surface area contributed by atoms with Crippen molar-refractivity contribution in [3.8, 4) is 16.9 Å². The number of Topliss-reactive ketones (excluding diaryl/α,β-unsaturated/α-hetero) is 1. The van der Waals surface area contributed by atoms with Gasteiger partial charge in [0.15, 0.2) is 5.78 Å². The number of pyridine rings is 1. The van der Waals surface area contributed by atoms with E-state index in [0.29, 0.717) is 40.5 Å². The topological polar surface area (TPSA) is 57.5 Å². The van der Waals surface area contributed by atoms with Crippen molar-refractivity contribution in [2.45, 2.75) is 52.7 Å². The molecule has 0 saturated heterocycles. The Hall–Kier alpha value is -2.11. The lowest BCUT2D eigenvalue weighted by Gasteiger charge is -2.22. The van der Waals surface area contributed by atoms with Crippen LogP contribution in [0, 0.1) is 0 Å². The molecule has 0 spiro atoms.